The lowest BCUT2D eigenvalue weighted by molar-refractivity contribution is -0.127. The highest BCUT2D eigenvalue weighted by Crippen LogP contribution is 2.55. The zero-order valence-corrected chi connectivity index (χ0v) is 12.4. The van der Waals surface area contributed by atoms with Crippen molar-refractivity contribution in [3.8, 4) is 5.75 Å². The number of carbonyl (C=O) groups excluding carboxylic acids is 2. The molecule has 0 spiro atoms. The normalized spacial score (nSPS) is 27.4. The molecular formula is C17H18O4. The van der Waals surface area contributed by atoms with Crippen LogP contribution in [0.5, 0.6) is 5.75 Å². The molecule has 0 unspecified atom stereocenters. The molecule has 21 heavy (non-hydrogen) atoms. The summed E-state index contributed by atoms with van der Waals surface area (Å²) in [4.78, 5) is 24.7. The Kier molecular flexibility index (Phi) is 2.62. The Labute approximate surface area is 123 Å². The molecule has 0 saturated heterocycles. The number of benzene rings is 1. The topological polar surface area (TPSA) is 74.6 Å². The van der Waals surface area contributed by atoms with Gasteiger partial charge in [-0.3, -0.25) is 9.59 Å². The van der Waals surface area contributed by atoms with Gasteiger partial charge in [0.25, 0.3) is 0 Å². The van der Waals surface area contributed by atoms with E-state index in [2.05, 4.69) is 0 Å². The number of aromatic hydroxyl groups is 1. The quantitative estimate of drug-likeness (QED) is 0.768. The van der Waals surface area contributed by atoms with Crippen LogP contribution in [0.2, 0.25) is 0 Å². The van der Waals surface area contributed by atoms with Crippen LogP contribution >= 0.6 is 0 Å². The van der Waals surface area contributed by atoms with Crippen molar-refractivity contribution < 1.29 is 19.8 Å². The van der Waals surface area contributed by atoms with Crippen LogP contribution in [0.15, 0.2) is 29.5 Å². The third kappa shape index (κ3) is 1.62. The molecule has 2 aliphatic carbocycles. The summed E-state index contributed by atoms with van der Waals surface area (Å²) in [5.74, 6) is -0.676. The Hall–Kier alpha value is -2.10. The predicted octanol–water partition coefficient (Wildman–Crippen LogP) is 3.05. The second kappa shape index (κ2) is 3.97. The lowest BCUT2D eigenvalue weighted by Gasteiger charge is -2.47. The van der Waals surface area contributed by atoms with E-state index in [4.69, 9.17) is 0 Å². The van der Waals surface area contributed by atoms with E-state index in [1.54, 1.807) is 19.9 Å². The van der Waals surface area contributed by atoms with E-state index < -0.39 is 16.6 Å². The van der Waals surface area contributed by atoms with E-state index in [1.165, 1.54) is 12.1 Å². The molecule has 1 aromatic rings. The summed E-state index contributed by atoms with van der Waals surface area (Å²) in [5, 5.41) is 20.2. The molecule has 4 nitrogen and oxygen atoms in total. The maximum Gasteiger partial charge on any atom is 0.227 e. The smallest absolute Gasteiger partial charge is 0.227 e. The molecule has 1 atom stereocenters. The average molecular weight is 286 g/mol. The number of Topliss-reactive ketones (excluding diaryl/α,β-unsaturated/α-hetero) is 2. The monoisotopic (exact) mass is 286 g/mol. The number of fused-ring (bicyclic) bond motifs is 3. The molecule has 2 N–H and O–H groups in total. The summed E-state index contributed by atoms with van der Waals surface area (Å²) in [5.41, 5.74) is 0.0937. The Morgan fingerprint density at radius 3 is 2.43 bits per heavy atom. The number of hydrogen-bond donors (Lipinski definition) is 2. The fourth-order valence-corrected chi connectivity index (χ4v) is 3.88. The molecule has 2 aliphatic rings. The van der Waals surface area contributed by atoms with Crippen LogP contribution in [0.1, 0.15) is 49.5 Å². The fraction of sp³-hybridized carbons (Fsp3) is 0.412. The average Bonchev–Trinajstić information content (AvgIpc) is 2.41. The first-order chi connectivity index (χ1) is 9.69. The molecule has 0 aromatic heterocycles. The summed E-state index contributed by atoms with van der Waals surface area (Å²) in [6.45, 7) is 5.43. The molecule has 1 fully saturated rings. The second-order valence-electron chi connectivity index (χ2n) is 6.66. The van der Waals surface area contributed by atoms with Crippen LogP contribution < -0.4 is 0 Å². The second-order valence-corrected chi connectivity index (χ2v) is 6.66. The molecule has 0 amide bonds. The van der Waals surface area contributed by atoms with E-state index in [1.807, 2.05) is 6.92 Å². The molecule has 0 bridgehead atoms. The molecule has 0 radical (unpaired) electrons. The number of aliphatic hydroxyl groups excluding tert-OH is 1. The fourth-order valence-electron chi connectivity index (χ4n) is 3.88. The van der Waals surface area contributed by atoms with Crippen molar-refractivity contribution in [1.29, 1.82) is 0 Å². The van der Waals surface area contributed by atoms with Gasteiger partial charge in [0.2, 0.25) is 5.78 Å². The molecule has 1 aromatic carbocycles. The first-order valence-corrected chi connectivity index (χ1v) is 7.05. The van der Waals surface area contributed by atoms with Crippen LogP contribution in [-0.4, -0.2) is 21.8 Å². The molecule has 0 heterocycles. The van der Waals surface area contributed by atoms with Crippen molar-refractivity contribution in [2.75, 3.05) is 0 Å². The van der Waals surface area contributed by atoms with E-state index >= 15 is 0 Å². The van der Waals surface area contributed by atoms with Crippen molar-refractivity contribution in [2.24, 2.45) is 5.41 Å². The standard InChI is InChI=1S/C17H18O4/c1-16(2)12(19)6-7-17(3)11-8-9(18)4-5-10(11)13(20)14(21)15(16)17/h4-5,8,18,21H,6-7H2,1-3H3/t17-/m1/s1. The summed E-state index contributed by atoms with van der Waals surface area (Å²) in [6.07, 6.45) is 0.919. The van der Waals surface area contributed by atoms with Crippen LogP contribution in [0, 0.1) is 5.41 Å². The van der Waals surface area contributed by atoms with Crippen LogP contribution in [0.25, 0.3) is 0 Å². The van der Waals surface area contributed by atoms with Gasteiger partial charge in [-0.05, 0) is 49.6 Å². The van der Waals surface area contributed by atoms with E-state index in [0.29, 0.717) is 29.5 Å². The zero-order chi connectivity index (χ0) is 15.6. The van der Waals surface area contributed by atoms with Crippen molar-refractivity contribution in [1.82, 2.24) is 0 Å². The Morgan fingerprint density at radius 2 is 1.76 bits per heavy atom. The Balaban J connectivity index is 2.36. The number of allylic oxidation sites excluding steroid dienone is 2. The largest absolute Gasteiger partial charge is 0.508 e. The van der Waals surface area contributed by atoms with E-state index in [-0.39, 0.29) is 17.3 Å². The first kappa shape index (κ1) is 13.9. The minimum Gasteiger partial charge on any atom is -0.508 e. The SMILES string of the molecule is CC1(C)C(=O)CC[C@@]2(C)C1=C(O)C(=O)c1ccc(O)cc12. The highest BCUT2D eigenvalue weighted by Gasteiger charge is 2.53. The van der Waals surface area contributed by atoms with Crippen molar-refractivity contribution in [2.45, 2.75) is 39.0 Å². The summed E-state index contributed by atoms with van der Waals surface area (Å²) in [6, 6.07) is 4.55. The number of aliphatic hydroxyl groups is 1. The molecule has 4 heteroatoms. The van der Waals surface area contributed by atoms with Gasteiger partial charge in [-0.2, -0.15) is 0 Å². The van der Waals surface area contributed by atoms with Gasteiger partial charge >= 0.3 is 0 Å². The van der Waals surface area contributed by atoms with E-state index in [0.717, 1.165) is 0 Å². The van der Waals surface area contributed by atoms with Crippen molar-refractivity contribution in [3.63, 3.8) is 0 Å². The Morgan fingerprint density at radius 1 is 1.10 bits per heavy atom. The van der Waals surface area contributed by atoms with Crippen LogP contribution in [0.3, 0.4) is 0 Å². The van der Waals surface area contributed by atoms with Gasteiger partial charge in [0.15, 0.2) is 5.76 Å². The van der Waals surface area contributed by atoms with Gasteiger partial charge in [-0.25, -0.2) is 0 Å². The molecule has 1 saturated carbocycles. The molecule has 110 valence electrons. The van der Waals surface area contributed by atoms with Gasteiger partial charge in [0.05, 0.1) is 0 Å². The number of rotatable bonds is 0. The molecular weight excluding hydrogens is 268 g/mol. The maximum atomic E-state index is 12.4. The summed E-state index contributed by atoms with van der Waals surface area (Å²) < 4.78 is 0. The van der Waals surface area contributed by atoms with Crippen molar-refractivity contribution >= 4 is 11.6 Å². The molecule has 0 aliphatic heterocycles. The third-order valence-corrected chi connectivity index (χ3v) is 5.02. The lowest BCUT2D eigenvalue weighted by Crippen LogP contribution is -2.47. The molecule has 3 rings (SSSR count). The van der Waals surface area contributed by atoms with Gasteiger partial charge < -0.3 is 10.2 Å². The maximum absolute atomic E-state index is 12.4. The predicted molar refractivity (Wildman–Crippen MR) is 77.5 cm³/mol. The number of ketones is 2. The summed E-state index contributed by atoms with van der Waals surface area (Å²) in [7, 11) is 0. The summed E-state index contributed by atoms with van der Waals surface area (Å²) >= 11 is 0. The van der Waals surface area contributed by atoms with Gasteiger partial charge in [0, 0.05) is 22.8 Å². The highest BCUT2D eigenvalue weighted by molar-refractivity contribution is 6.12. The Bertz CT molecular complexity index is 712. The minimum absolute atomic E-state index is 0.0259. The number of phenols is 1. The van der Waals surface area contributed by atoms with Gasteiger partial charge in [-0.1, -0.05) is 6.92 Å². The van der Waals surface area contributed by atoms with Crippen molar-refractivity contribution in [3.05, 3.63) is 40.7 Å². The highest BCUT2D eigenvalue weighted by atomic mass is 16.3. The number of phenolic OH excluding ortho intramolecular Hbond substituents is 1. The van der Waals surface area contributed by atoms with Gasteiger partial charge in [-0.15, -0.1) is 0 Å². The third-order valence-electron chi connectivity index (χ3n) is 5.02. The first-order valence-electron chi connectivity index (χ1n) is 7.05. The lowest BCUT2D eigenvalue weighted by atomic mass is 9.54. The van der Waals surface area contributed by atoms with Crippen LogP contribution in [0.4, 0.5) is 0 Å². The number of carbonyl (C=O) groups is 2. The van der Waals surface area contributed by atoms with Gasteiger partial charge in [0.1, 0.15) is 11.5 Å². The zero-order valence-electron chi connectivity index (χ0n) is 12.4. The minimum atomic E-state index is -0.879. The van der Waals surface area contributed by atoms with Crippen LogP contribution in [-0.2, 0) is 10.2 Å². The van der Waals surface area contributed by atoms with E-state index in [9.17, 15) is 19.8 Å². The number of hydrogen-bond acceptors (Lipinski definition) is 4.